The smallest absolute Gasteiger partial charge is 0.370 e. The first-order chi connectivity index (χ1) is 14.5. The molecule has 1 unspecified atom stereocenters. The number of aromatic nitrogens is 3. The molecule has 0 radical (unpaired) electrons. The van der Waals surface area contributed by atoms with Crippen LogP contribution in [0.5, 0.6) is 0 Å². The molecule has 1 saturated heterocycles. The van der Waals surface area contributed by atoms with Gasteiger partial charge in [0.15, 0.2) is 11.8 Å². The highest BCUT2D eigenvalue weighted by molar-refractivity contribution is 5.80. The van der Waals surface area contributed by atoms with Gasteiger partial charge in [-0.2, -0.15) is 13.2 Å². The number of hydrogen-bond acceptors (Lipinski definition) is 4. The van der Waals surface area contributed by atoms with Crippen molar-refractivity contribution >= 4 is 5.96 Å². The van der Waals surface area contributed by atoms with Gasteiger partial charge in [-0.3, -0.25) is 0 Å². The molecule has 2 aliphatic heterocycles. The van der Waals surface area contributed by atoms with Gasteiger partial charge in [0.05, 0.1) is 18.7 Å². The average molecular weight is 422 g/mol. The Hall–Kier alpha value is -2.62. The maximum absolute atomic E-state index is 13.1. The van der Waals surface area contributed by atoms with Crippen LogP contribution in [0.15, 0.2) is 29.3 Å². The number of alkyl halides is 3. The summed E-state index contributed by atoms with van der Waals surface area (Å²) in [4.78, 5) is 6.74. The molecule has 1 aromatic heterocycles. The van der Waals surface area contributed by atoms with E-state index in [0.717, 1.165) is 43.2 Å². The Morgan fingerprint density at radius 3 is 2.97 bits per heavy atom. The second-order valence-corrected chi connectivity index (χ2v) is 7.39. The van der Waals surface area contributed by atoms with Crippen molar-refractivity contribution in [2.24, 2.45) is 4.99 Å². The van der Waals surface area contributed by atoms with Crippen molar-refractivity contribution in [2.45, 2.75) is 45.1 Å². The summed E-state index contributed by atoms with van der Waals surface area (Å²) in [5.74, 6) is 2.54. The number of nitrogens with one attached hydrogen (secondary N) is 1. The number of guanidine groups is 1. The second kappa shape index (κ2) is 8.63. The molecular weight excluding hydrogens is 397 g/mol. The summed E-state index contributed by atoms with van der Waals surface area (Å²) in [6.45, 7) is 5.42. The van der Waals surface area contributed by atoms with Gasteiger partial charge in [0.2, 0.25) is 0 Å². The Kier molecular flexibility index (Phi) is 5.94. The van der Waals surface area contributed by atoms with Crippen LogP contribution in [0.3, 0.4) is 0 Å². The molecule has 0 bridgehead atoms. The van der Waals surface area contributed by atoms with E-state index in [1.54, 1.807) is 6.07 Å². The number of rotatable bonds is 4. The number of fused-ring (bicyclic) bond motifs is 1. The van der Waals surface area contributed by atoms with Gasteiger partial charge in [0, 0.05) is 26.1 Å². The van der Waals surface area contributed by atoms with Gasteiger partial charge in [0.1, 0.15) is 18.5 Å². The van der Waals surface area contributed by atoms with Crippen LogP contribution >= 0.6 is 0 Å². The minimum absolute atomic E-state index is 0.404. The van der Waals surface area contributed by atoms with Gasteiger partial charge >= 0.3 is 6.18 Å². The lowest BCUT2D eigenvalue weighted by Gasteiger charge is -2.35. The number of nitrogens with zero attached hydrogens (tertiary/aromatic N) is 5. The number of ether oxygens (including phenoxy) is 1. The summed E-state index contributed by atoms with van der Waals surface area (Å²) in [6, 6.07) is 5.34. The molecule has 0 saturated carbocycles. The largest absolute Gasteiger partial charge is 0.416 e. The van der Waals surface area contributed by atoms with Crippen LogP contribution in [-0.2, 0) is 30.4 Å². The van der Waals surface area contributed by atoms with Crippen LogP contribution in [-0.4, -0.2) is 51.9 Å². The Morgan fingerprint density at radius 1 is 1.30 bits per heavy atom. The van der Waals surface area contributed by atoms with Crippen LogP contribution in [0.25, 0.3) is 0 Å². The Balaban J connectivity index is 1.50. The Morgan fingerprint density at radius 2 is 2.17 bits per heavy atom. The van der Waals surface area contributed by atoms with E-state index in [9.17, 15) is 13.2 Å². The van der Waals surface area contributed by atoms with Gasteiger partial charge in [-0.1, -0.05) is 12.1 Å². The first-order valence-corrected chi connectivity index (χ1v) is 10.2. The second-order valence-electron chi connectivity index (χ2n) is 7.39. The van der Waals surface area contributed by atoms with Gasteiger partial charge < -0.3 is 19.5 Å². The number of aliphatic imine (C=N–C) groups is 1. The predicted octanol–water partition coefficient (Wildman–Crippen LogP) is 2.78. The third-order valence-corrected chi connectivity index (χ3v) is 5.34. The van der Waals surface area contributed by atoms with Crippen LogP contribution < -0.4 is 5.32 Å². The van der Waals surface area contributed by atoms with Crippen molar-refractivity contribution in [3.05, 3.63) is 47.0 Å². The zero-order valence-corrected chi connectivity index (χ0v) is 16.8. The highest BCUT2D eigenvalue weighted by atomic mass is 19.4. The molecule has 1 fully saturated rings. The highest BCUT2D eigenvalue weighted by Crippen LogP contribution is 2.32. The van der Waals surface area contributed by atoms with E-state index in [-0.39, 0.29) is 0 Å². The maximum atomic E-state index is 13.1. The lowest BCUT2D eigenvalue weighted by molar-refractivity contribution is -0.137. The van der Waals surface area contributed by atoms with Gasteiger partial charge in [-0.15, -0.1) is 10.2 Å². The number of hydrogen-bond donors (Lipinski definition) is 1. The maximum Gasteiger partial charge on any atom is 0.416 e. The monoisotopic (exact) mass is 422 g/mol. The molecule has 10 heteroatoms. The zero-order valence-electron chi connectivity index (χ0n) is 16.8. The van der Waals surface area contributed by atoms with E-state index in [4.69, 9.17) is 9.73 Å². The fourth-order valence-corrected chi connectivity index (χ4v) is 3.86. The van der Waals surface area contributed by atoms with Gasteiger partial charge in [-0.05, 0) is 31.0 Å². The summed E-state index contributed by atoms with van der Waals surface area (Å²) in [5.41, 5.74) is -0.150. The molecule has 0 aliphatic carbocycles. The lowest BCUT2D eigenvalue weighted by atomic mass is 10.0. The van der Waals surface area contributed by atoms with Crippen molar-refractivity contribution in [2.75, 3.05) is 26.2 Å². The lowest BCUT2D eigenvalue weighted by Crippen LogP contribution is -2.48. The third kappa shape index (κ3) is 4.43. The average Bonchev–Trinajstić information content (AvgIpc) is 3.35. The summed E-state index contributed by atoms with van der Waals surface area (Å²) in [5, 5.41) is 11.7. The fourth-order valence-electron chi connectivity index (χ4n) is 3.86. The molecule has 0 spiro atoms. The van der Waals surface area contributed by atoms with Crippen LogP contribution in [0.4, 0.5) is 13.2 Å². The molecule has 3 heterocycles. The van der Waals surface area contributed by atoms with Crippen molar-refractivity contribution in [1.82, 2.24) is 25.0 Å². The van der Waals surface area contributed by atoms with E-state index in [1.807, 2.05) is 11.8 Å². The normalized spacial score (nSPS) is 19.8. The van der Waals surface area contributed by atoms with Crippen LogP contribution in [0.1, 0.15) is 42.2 Å². The van der Waals surface area contributed by atoms with E-state index in [2.05, 4.69) is 20.1 Å². The molecule has 7 nitrogen and oxygen atoms in total. The molecule has 2 aromatic rings. The van der Waals surface area contributed by atoms with Gasteiger partial charge in [0.25, 0.3) is 0 Å². The number of halogens is 3. The van der Waals surface area contributed by atoms with Crippen molar-refractivity contribution in [3.8, 4) is 0 Å². The van der Waals surface area contributed by atoms with Crippen molar-refractivity contribution < 1.29 is 17.9 Å². The topological polar surface area (TPSA) is 67.6 Å². The number of morpholine rings is 1. The van der Waals surface area contributed by atoms with Crippen molar-refractivity contribution in [1.29, 1.82) is 0 Å². The molecule has 0 amide bonds. The highest BCUT2D eigenvalue weighted by Gasteiger charge is 2.32. The summed E-state index contributed by atoms with van der Waals surface area (Å²) >= 11 is 0. The van der Waals surface area contributed by atoms with Gasteiger partial charge in [-0.25, -0.2) is 4.99 Å². The predicted molar refractivity (Wildman–Crippen MR) is 105 cm³/mol. The SMILES string of the molecule is CCNC(=NCc1nnc2n1CCC2)N1CCOC(c2cccc(C(F)(F)F)c2)C1. The zero-order chi connectivity index (χ0) is 21.1. The first kappa shape index (κ1) is 20.6. The number of aryl methyl sites for hydroxylation is 1. The molecule has 1 N–H and O–H groups in total. The molecule has 30 heavy (non-hydrogen) atoms. The molecule has 162 valence electrons. The minimum Gasteiger partial charge on any atom is -0.370 e. The molecule has 4 rings (SSSR count). The van der Waals surface area contributed by atoms with Crippen LogP contribution in [0.2, 0.25) is 0 Å². The van der Waals surface area contributed by atoms with E-state index < -0.39 is 17.8 Å². The summed E-state index contributed by atoms with van der Waals surface area (Å²) in [7, 11) is 0. The molecule has 1 atom stereocenters. The first-order valence-electron chi connectivity index (χ1n) is 10.2. The Labute approximate surface area is 172 Å². The molecule has 1 aromatic carbocycles. The quantitative estimate of drug-likeness (QED) is 0.606. The summed E-state index contributed by atoms with van der Waals surface area (Å²) in [6.07, 6.45) is -2.82. The third-order valence-electron chi connectivity index (χ3n) is 5.34. The molecular formula is C20H25F3N6O. The van der Waals surface area contributed by atoms with E-state index >= 15 is 0 Å². The minimum atomic E-state index is -4.38. The fraction of sp³-hybridized carbons (Fsp3) is 0.550. The van der Waals surface area contributed by atoms with E-state index in [1.165, 1.54) is 6.07 Å². The Bertz CT molecular complexity index is 910. The molecule has 2 aliphatic rings. The number of benzene rings is 1. The van der Waals surface area contributed by atoms with Crippen molar-refractivity contribution in [3.63, 3.8) is 0 Å². The van der Waals surface area contributed by atoms with E-state index in [0.29, 0.717) is 44.3 Å². The summed E-state index contributed by atoms with van der Waals surface area (Å²) < 4.78 is 47.1. The van der Waals surface area contributed by atoms with Crippen LogP contribution in [0, 0.1) is 0 Å². The standard InChI is InChI=1S/C20H25F3N6O/c1-2-24-19(25-12-18-27-26-17-7-4-8-29(17)18)28-9-10-30-16(13-28)14-5-3-6-15(11-14)20(21,22)23/h3,5-6,11,16H,2,4,7-10,12-13H2,1H3,(H,24,25).